The van der Waals surface area contributed by atoms with Gasteiger partial charge in [0.2, 0.25) is 0 Å². The summed E-state index contributed by atoms with van der Waals surface area (Å²) in [4.78, 5) is 8.79. The highest BCUT2D eigenvalue weighted by Gasteiger charge is 2.12. The van der Waals surface area contributed by atoms with E-state index in [2.05, 4.69) is 39.7 Å². The molecule has 108 valence electrons. The van der Waals surface area contributed by atoms with E-state index in [1.807, 2.05) is 0 Å². The molecule has 0 aliphatic heterocycles. The Labute approximate surface area is 128 Å². The first-order valence-electron chi connectivity index (χ1n) is 6.32. The van der Waals surface area contributed by atoms with Gasteiger partial charge < -0.3 is 9.47 Å². The molecule has 0 fully saturated rings. The summed E-state index contributed by atoms with van der Waals surface area (Å²) in [6, 6.07) is 0. The number of methoxy groups -OCH3 is 1. The highest BCUT2D eigenvalue weighted by Crippen LogP contribution is 2.25. The first-order valence-corrected chi connectivity index (χ1v) is 7.49. The van der Waals surface area contributed by atoms with Crippen LogP contribution in [0.15, 0.2) is 4.47 Å². The Balaban J connectivity index is 2.61. The molecule has 0 bridgehead atoms. The van der Waals surface area contributed by atoms with Crippen molar-refractivity contribution in [3.8, 4) is 0 Å². The van der Waals surface area contributed by atoms with Crippen molar-refractivity contribution in [3.05, 3.63) is 21.1 Å². The smallest absolute Gasteiger partial charge is 0.147 e. The van der Waals surface area contributed by atoms with Crippen molar-refractivity contribution in [1.29, 1.82) is 0 Å². The average molecular weight is 352 g/mol. The highest BCUT2D eigenvalue weighted by atomic mass is 79.9. The van der Waals surface area contributed by atoms with Crippen LogP contribution in [0.1, 0.15) is 25.4 Å². The van der Waals surface area contributed by atoms with E-state index in [-0.39, 0.29) is 0 Å². The second-order valence-corrected chi connectivity index (χ2v) is 5.80. The van der Waals surface area contributed by atoms with Crippen molar-refractivity contribution in [2.75, 3.05) is 26.9 Å². The third-order valence-electron chi connectivity index (χ3n) is 2.43. The predicted octanol–water partition coefficient (Wildman–Crippen LogP) is 3.30. The van der Waals surface area contributed by atoms with E-state index in [9.17, 15) is 0 Å². The quantitative estimate of drug-likeness (QED) is 0.532. The summed E-state index contributed by atoms with van der Waals surface area (Å²) in [5, 5.41) is 0.470. The summed E-state index contributed by atoms with van der Waals surface area (Å²) in [5.41, 5.74) is 0.960. The number of ether oxygens (including phenoxy) is 2. The minimum atomic E-state index is 0.470. The zero-order valence-corrected chi connectivity index (χ0v) is 13.9. The molecule has 0 aliphatic rings. The molecule has 0 amide bonds. The summed E-state index contributed by atoms with van der Waals surface area (Å²) in [6.07, 6.45) is 1.53. The topological polar surface area (TPSA) is 44.2 Å². The molecule has 0 spiro atoms. The second kappa shape index (κ2) is 8.84. The molecule has 1 rings (SSSR count). The van der Waals surface area contributed by atoms with Gasteiger partial charge in [0.1, 0.15) is 11.0 Å². The van der Waals surface area contributed by atoms with Crippen LogP contribution in [-0.4, -0.2) is 36.9 Å². The molecule has 0 unspecified atom stereocenters. The number of rotatable bonds is 8. The molecule has 0 saturated carbocycles. The van der Waals surface area contributed by atoms with Crippen LogP contribution in [-0.2, 0) is 22.3 Å². The molecule has 0 aromatic carbocycles. The number of hydrogen-bond donors (Lipinski definition) is 0. The van der Waals surface area contributed by atoms with Crippen molar-refractivity contribution in [2.24, 2.45) is 5.92 Å². The summed E-state index contributed by atoms with van der Waals surface area (Å²) in [7, 11) is 1.65. The first kappa shape index (κ1) is 16.8. The third kappa shape index (κ3) is 6.17. The van der Waals surface area contributed by atoms with Crippen molar-refractivity contribution in [1.82, 2.24) is 9.97 Å². The summed E-state index contributed by atoms with van der Waals surface area (Å²) in [5.74, 6) is 1.24. The van der Waals surface area contributed by atoms with Gasteiger partial charge in [-0.3, -0.25) is 0 Å². The zero-order valence-electron chi connectivity index (χ0n) is 11.6. The molecule has 0 N–H and O–H groups in total. The fourth-order valence-corrected chi connectivity index (χ4v) is 2.10. The molecule has 1 aromatic heterocycles. The Morgan fingerprint density at radius 2 is 1.95 bits per heavy atom. The van der Waals surface area contributed by atoms with Crippen LogP contribution >= 0.6 is 27.5 Å². The van der Waals surface area contributed by atoms with Gasteiger partial charge in [0, 0.05) is 13.5 Å². The van der Waals surface area contributed by atoms with Crippen LogP contribution in [0.25, 0.3) is 0 Å². The Hall–Kier alpha value is -0.230. The molecule has 6 heteroatoms. The lowest BCUT2D eigenvalue weighted by Crippen LogP contribution is -2.09. The Morgan fingerprint density at radius 1 is 1.21 bits per heavy atom. The van der Waals surface area contributed by atoms with E-state index in [4.69, 9.17) is 21.1 Å². The number of aromatic nitrogens is 2. The normalized spacial score (nSPS) is 11.3. The van der Waals surface area contributed by atoms with E-state index in [1.54, 1.807) is 7.11 Å². The highest BCUT2D eigenvalue weighted by molar-refractivity contribution is 9.10. The maximum absolute atomic E-state index is 6.11. The Morgan fingerprint density at radius 3 is 2.58 bits per heavy atom. The third-order valence-corrected chi connectivity index (χ3v) is 3.76. The molecule has 4 nitrogen and oxygen atoms in total. The largest absolute Gasteiger partial charge is 0.382 e. The Kier molecular flexibility index (Phi) is 7.83. The van der Waals surface area contributed by atoms with E-state index < -0.39 is 0 Å². The number of nitrogens with zero attached hydrogens (tertiary/aromatic N) is 2. The van der Waals surface area contributed by atoms with Crippen LogP contribution in [0.5, 0.6) is 0 Å². The van der Waals surface area contributed by atoms with Crippen LogP contribution in [0.4, 0.5) is 0 Å². The lowest BCUT2D eigenvalue weighted by Gasteiger charge is -2.10. The van der Waals surface area contributed by atoms with Crippen molar-refractivity contribution < 1.29 is 9.47 Å². The molecular formula is C13H20BrClN2O2. The van der Waals surface area contributed by atoms with Gasteiger partial charge in [-0.25, -0.2) is 9.97 Å². The maximum atomic E-state index is 6.11. The van der Waals surface area contributed by atoms with Crippen LogP contribution in [0.3, 0.4) is 0 Å². The first-order chi connectivity index (χ1) is 9.04. The minimum absolute atomic E-state index is 0.470. The van der Waals surface area contributed by atoms with Gasteiger partial charge in [0.25, 0.3) is 0 Å². The fourth-order valence-electron chi connectivity index (χ4n) is 1.55. The van der Waals surface area contributed by atoms with Gasteiger partial charge in [-0.15, -0.1) is 0 Å². The second-order valence-electron chi connectivity index (χ2n) is 4.64. The Bertz CT molecular complexity index is 402. The average Bonchev–Trinajstić information content (AvgIpc) is 2.34. The summed E-state index contributed by atoms with van der Waals surface area (Å²) in [6.45, 7) is 6.05. The molecular weight excluding hydrogens is 332 g/mol. The summed E-state index contributed by atoms with van der Waals surface area (Å²) >= 11 is 9.55. The molecule has 0 saturated heterocycles. The standard InChI is InChI=1S/C13H20BrClN2O2/c1-9(2)8-10-12(14)13(15)17-11(16-10)4-5-19-7-6-18-3/h9H,4-8H2,1-3H3. The van der Waals surface area contributed by atoms with Crippen LogP contribution in [0, 0.1) is 5.92 Å². The fraction of sp³-hybridized carbons (Fsp3) is 0.692. The van der Waals surface area contributed by atoms with Gasteiger partial charge in [0.05, 0.1) is 30.0 Å². The summed E-state index contributed by atoms with van der Waals surface area (Å²) < 4.78 is 11.1. The molecule has 0 radical (unpaired) electrons. The van der Waals surface area contributed by atoms with Gasteiger partial charge in [-0.2, -0.15) is 0 Å². The SMILES string of the molecule is COCCOCCc1nc(Cl)c(Br)c(CC(C)C)n1. The lowest BCUT2D eigenvalue weighted by molar-refractivity contribution is 0.0716. The van der Waals surface area contributed by atoms with Gasteiger partial charge in [-0.1, -0.05) is 25.4 Å². The minimum Gasteiger partial charge on any atom is -0.382 e. The van der Waals surface area contributed by atoms with E-state index in [1.165, 1.54) is 0 Å². The zero-order chi connectivity index (χ0) is 14.3. The lowest BCUT2D eigenvalue weighted by atomic mass is 10.1. The molecule has 19 heavy (non-hydrogen) atoms. The maximum Gasteiger partial charge on any atom is 0.147 e. The monoisotopic (exact) mass is 350 g/mol. The van der Waals surface area contributed by atoms with Crippen LogP contribution in [0.2, 0.25) is 5.15 Å². The van der Waals surface area contributed by atoms with Crippen LogP contribution < -0.4 is 0 Å². The molecule has 1 heterocycles. The predicted molar refractivity (Wildman–Crippen MR) is 79.7 cm³/mol. The molecule has 1 aromatic rings. The number of halogens is 2. The van der Waals surface area contributed by atoms with Crippen molar-refractivity contribution >= 4 is 27.5 Å². The van der Waals surface area contributed by atoms with Gasteiger partial charge in [0.15, 0.2) is 0 Å². The van der Waals surface area contributed by atoms with E-state index >= 15 is 0 Å². The van der Waals surface area contributed by atoms with Crippen molar-refractivity contribution in [2.45, 2.75) is 26.7 Å². The van der Waals surface area contributed by atoms with E-state index in [0.717, 1.165) is 22.4 Å². The number of hydrogen-bond acceptors (Lipinski definition) is 4. The van der Waals surface area contributed by atoms with Crippen molar-refractivity contribution in [3.63, 3.8) is 0 Å². The van der Waals surface area contributed by atoms with Gasteiger partial charge >= 0.3 is 0 Å². The van der Waals surface area contributed by atoms with E-state index in [0.29, 0.717) is 37.3 Å². The molecule has 0 atom stereocenters. The molecule has 0 aliphatic carbocycles. The van der Waals surface area contributed by atoms with Gasteiger partial charge in [-0.05, 0) is 28.3 Å².